The normalized spacial score (nSPS) is 17.5. The smallest absolute Gasteiger partial charge is 0.406 e. The summed E-state index contributed by atoms with van der Waals surface area (Å²) in [5.74, 6) is 1.93. The van der Waals surface area contributed by atoms with E-state index in [2.05, 4.69) is 121 Å². The van der Waals surface area contributed by atoms with Gasteiger partial charge in [-0.25, -0.2) is 0 Å². The average molecular weight is 1150 g/mol. The van der Waals surface area contributed by atoms with E-state index in [1.54, 1.807) is 31.8 Å². The molecule has 10 rings (SSSR count). The molecule has 0 amide bonds. The van der Waals surface area contributed by atoms with Gasteiger partial charge in [0.2, 0.25) is 0 Å². The van der Waals surface area contributed by atoms with Crippen molar-refractivity contribution >= 4 is 96.6 Å². The molecule has 0 spiro atoms. The fourth-order valence-electron chi connectivity index (χ4n) is 9.89. The number of rotatable bonds is 12. The molecule has 0 unspecified atom stereocenters. The molecule has 0 aromatic heterocycles. The number of anilines is 4. The Labute approximate surface area is 490 Å². The summed E-state index contributed by atoms with van der Waals surface area (Å²) in [4.78, 5) is 0. The third-order valence-corrected chi connectivity index (χ3v) is 25.6. The van der Waals surface area contributed by atoms with Gasteiger partial charge in [0.1, 0.15) is 23.0 Å². The molecule has 8 aromatic rings. The molecule has 10 N–H and O–H groups in total. The lowest BCUT2D eigenvalue weighted by Gasteiger charge is -2.41. The summed E-state index contributed by atoms with van der Waals surface area (Å²) in [6.45, 7) is 26.5. The van der Waals surface area contributed by atoms with Gasteiger partial charge in [-0.3, -0.25) is 0 Å². The van der Waals surface area contributed by atoms with E-state index in [1.807, 2.05) is 84.9 Å². The Morgan fingerprint density at radius 1 is 0.415 bits per heavy atom. The SMILES string of the molecule is CB(O)Nc1cc2ccccc2cc1O.CB(O)Nc1cc2ccccc2cc1OC1CCC(O[Si](C)(C)C(C)(C)C)CC1.CC(C)(C)[Si](C)(C)OC1CCC(Oc2cc3ccccc3cc2N)CC1.Nc1cc2ccccc2cc1O. The highest BCUT2D eigenvalue weighted by Crippen LogP contribution is 2.42. The zero-order valence-electron chi connectivity index (χ0n) is 50.6. The van der Waals surface area contributed by atoms with Crippen molar-refractivity contribution in [2.24, 2.45) is 0 Å². The number of phenolic OH excluding ortho intramolecular Hbond substituents is 2. The third-order valence-electron chi connectivity index (χ3n) is 16.6. The minimum absolute atomic E-state index is 0.147. The maximum absolute atomic E-state index is 9.84. The van der Waals surface area contributed by atoms with Gasteiger partial charge in [-0.05, 0) is 193 Å². The van der Waals surface area contributed by atoms with Gasteiger partial charge in [0.05, 0.1) is 35.0 Å². The van der Waals surface area contributed by atoms with Crippen molar-refractivity contribution in [2.75, 3.05) is 21.9 Å². The van der Waals surface area contributed by atoms with E-state index >= 15 is 0 Å². The van der Waals surface area contributed by atoms with Crippen LogP contribution in [0.3, 0.4) is 0 Å². The molecule has 2 aliphatic carbocycles. The Bertz CT molecular complexity index is 3330. The second-order valence-corrected chi connectivity index (χ2v) is 34.9. The van der Waals surface area contributed by atoms with Crippen LogP contribution >= 0.6 is 0 Å². The highest BCUT2D eigenvalue weighted by Gasteiger charge is 2.41. The summed E-state index contributed by atoms with van der Waals surface area (Å²) in [6, 6.07) is 47.2. The van der Waals surface area contributed by atoms with Crippen LogP contribution in [-0.2, 0) is 8.85 Å². The monoisotopic (exact) mass is 1140 g/mol. The van der Waals surface area contributed by atoms with E-state index < -0.39 is 30.7 Å². The lowest BCUT2D eigenvalue weighted by Crippen LogP contribution is -2.45. The van der Waals surface area contributed by atoms with Crippen LogP contribution in [-0.4, -0.2) is 75.4 Å². The van der Waals surface area contributed by atoms with Crippen LogP contribution < -0.4 is 31.4 Å². The van der Waals surface area contributed by atoms with Crippen LogP contribution in [0.2, 0.25) is 49.9 Å². The van der Waals surface area contributed by atoms with E-state index in [9.17, 15) is 20.3 Å². The molecule has 2 saturated carbocycles. The first-order valence-corrected chi connectivity index (χ1v) is 35.0. The van der Waals surface area contributed by atoms with Crippen LogP contribution in [0.15, 0.2) is 146 Å². The van der Waals surface area contributed by atoms with Crippen molar-refractivity contribution in [1.82, 2.24) is 0 Å². The molecular weight excluding hydrogens is 1050 g/mol. The molecule has 0 aliphatic heterocycles. The van der Waals surface area contributed by atoms with Crippen molar-refractivity contribution < 1.29 is 38.6 Å². The number of fused-ring (bicyclic) bond motifs is 4. The molecule has 2 fully saturated rings. The summed E-state index contributed by atoms with van der Waals surface area (Å²) < 4.78 is 25.9. The summed E-state index contributed by atoms with van der Waals surface area (Å²) in [6.07, 6.45) is 9.45. The summed E-state index contributed by atoms with van der Waals surface area (Å²) in [5, 5.41) is 53.1. The third kappa shape index (κ3) is 17.3. The van der Waals surface area contributed by atoms with Crippen LogP contribution in [0.5, 0.6) is 23.0 Å². The fourth-order valence-corrected chi connectivity index (χ4v) is 12.7. The Morgan fingerprint density at radius 3 is 1.10 bits per heavy atom. The van der Waals surface area contributed by atoms with E-state index in [4.69, 9.17) is 29.8 Å². The topological polar surface area (TPSA) is 194 Å². The minimum Gasteiger partial charge on any atom is -0.506 e. The minimum atomic E-state index is -1.72. The second-order valence-electron chi connectivity index (χ2n) is 25.3. The Kier molecular flexibility index (Phi) is 21.1. The van der Waals surface area contributed by atoms with E-state index in [-0.39, 0.29) is 33.8 Å². The van der Waals surface area contributed by atoms with Gasteiger partial charge in [-0.15, -0.1) is 0 Å². The molecule has 12 nitrogen and oxygen atoms in total. The zero-order valence-corrected chi connectivity index (χ0v) is 52.6. The van der Waals surface area contributed by atoms with Crippen LogP contribution in [0.25, 0.3) is 43.1 Å². The predicted molar refractivity (Wildman–Crippen MR) is 353 cm³/mol. The number of aromatic hydroxyl groups is 2. The number of phenols is 2. The molecule has 2 aliphatic rings. The molecule has 0 saturated heterocycles. The molecule has 8 aromatic carbocycles. The standard InChI is InChI=1S/C23H36BNO3Si.C22H33NO2Si.C11H12BNO2.C10H9NO/c1-23(2,3)29(5,6)28-20-13-11-19(12-14-20)27-22-16-18-10-8-7-9-17(18)15-21(22)25-24(4)26;1-22(2,3)26(4,5)25-19-12-10-18(11-13-19)24-21-15-17-9-7-6-8-16(17)14-20(21)23;1-12(15)13-10-6-8-4-2-3-5-9(8)7-11(10)14;11-9-5-7-3-1-2-4-8(7)6-10(9)12/h7-10,15-16,19-20,25-26H,11-14H2,1-6H3;6-9,14-15,18-19H,10-13,23H2,1-5H3;2-7,13-15H,1H3;1-6,12H,11H2. The molecule has 0 heterocycles. The number of hydrogen-bond acceptors (Lipinski definition) is 12. The van der Waals surface area contributed by atoms with Gasteiger partial charge in [0.25, 0.3) is 0 Å². The van der Waals surface area contributed by atoms with Crippen molar-refractivity contribution in [2.45, 2.75) is 167 Å². The number of benzene rings is 8. The van der Waals surface area contributed by atoms with Crippen molar-refractivity contribution in [3.05, 3.63) is 146 Å². The summed E-state index contributed by atoms with van der Waals surface area (Å²) in [5.41, 5.74) is 14.3. The molecule has 82 heavy (non-hydrogen) atoms. The largest absolute Gasteiger partial charge is 0.506 e. The number of nitrogens with two attached hydrogens (primary N) is 2. The fraction of sp³-hybridized carbons (Fsp3) is 0.394. The van der Waals surface area contributed by atoms with Gasteiger partial charge in [-0.1, -0.05) is 139 Å². The quantitative estimate of drug-likeness (QED) is 0.0328. The molecule has 436 valence electrons. The number of nitrogens with one attached hydrogen (secondary N) is 2. The van der Waals surface area contributed by atoms with Crippen molar-refractivity contribution in [3.63, 3.8) is 0 Å². The van der Waals surface area contributed by atoms with Gasteiger partial charge in [0, 0.05) is 12.2 Å². The maximum Gasteiger partial charge on any atom is 0.406 e. The molecule has 16 heteroatoms. The van der Waals surface area contributed by atoms with Crippen molar-refractivity contribution in [3.8, 4) is 23.0 Å². The predicted octanol–water partition coefficient (Wildman–Crippen LogP) is 16.4. The first-order chi connectivity index (χ1) is 38.6. The number of hydrogen-bond donors (Lipinski definition) is 8. The highest BCUT2D eigenvalue weighted by molar-refractivity contribution is 6.74. The number of nitrogen functional groups attached to an aromatic ring is 2. The average Bonchev–Trinajstić information content (AvgIpc) is 3.45. The van der Waals surface area contributed by atoms with Crippen LogP contribution in [0.1, 0.15) is 92.9 Å². The van der Waals surface area contributed by atoms with Gasteiger partial charge >= 0.3 is 14.1 Å². The molecule has 0 atom stereocenters. The summed E-state index contributed by atoms with van der Waals surface area (Å²) >= 11 is 0. The van der Waals surface area contributed by atoms with Gasteiger partial charge in [0.15, 0.2) is 16.6 Å². The number of ether oxygens (including phenoxy) is 2. The van der Waals surface area contributed by atoms with Crippen LogP contribution in [0, 0.1) is 0 Å². The molecule has 0 radical (unpaired) electrons. The van der Waals surface area contributed by atoms with Crippen molar-refractivity contribution in [1.29, 1.82) is 0 Å². The molecular formula is C66H90B2N4O8Si2. The molecule has 0 bridgehead atoms. The van der Waals surface area contributed by atoms with Gasteiger partial charge in [-0.2, -0.15) is 0 Å². The van der Waals surface area contributed by atoms with E-state index in [1.165, 1.54) is 5.39 Å². The van der Waals surface area contributed by atoms with E-state index in [0.29, 0.717) is 23.6 Å². The Balaban J connectivity index is 0.000000166. The second kappa shape index (κ2) is 27.3. The lowest BCUT2D eigenvalue weighted by atomic mass is 9.88. The van der Waals surface area contributed by atoms with E-state index in [0.717, 1.165) is 112 Å². The van der Waals surface area contributed by atoms with Crippen LogP contribution in [0.4, 0.5) is 22.7 Å². The summed E-state index contributed by atoms with van der Waals surface area (Å²) in [7, 11) is -4.73. The first-order valence-electron chi connectivity index (χ1n) is 29.2. The lowest BCUT2D eigenvalue weighted by molar-refractivity contribution is 0.0730. The zero-order chi connectivity index (χ0) is 59.6. The van der Waals surface area contributed by atoms with Gasteiger partial charge < -0.3 is 60.5 Å². The maximum atomic E-state index is 9.84. The Hall–Kier alpha value is -6.40. The highest BCUT2D eigenvalue weighted by atomic mass is 28.4. The Morgan fingerprint density at radius 2 is 0.707 bits per heavy atom. The first kappa shape index (κ1) is 63.2.